The van der Waals surface area contributed by atoms with Gasteiger partial charge in [-0.15, -0.1) is 5.10 Å². The Hall–Kier alpha value is -3.15. The van der Waals surface area contributed by atoms with Crippen molar-refractivity contribution in [3.05, 3.63) is 53.6 Å². The van der Waals surface area contributed by atoms with Crippen molar-refractivity contribution in [1.82, 2.24) is 5.48 Å². The summed E-state index contributed by atoms with van der Waals surface area (Å²) in [6.45, 7) is 1.84. The lowest BCUT2D eigenvalue weighted by molar-refractivity contribution is 0.232. The van der Waals surface area contributed by atoms with Crippen LogP contribution in [0, 0.1) is 6.92 Å². The number of phenols is 1. The summed E-state index contributed by atoms with van der Waals surface area (Å²) in [6, 6.07) is 10.6. The van der Waals surface area contributed by atoms with Gasteiger partial charge in [-0.05, 0) is 37.3 Å². The number of nitrogens with two attached hydrogens (primary N) is 1. The summed E-state index contributed by atoms with van der Waals surface area (Å²) < 4.78 is 34.5. The van der Waals surface area contributed by atoms with Crippen LogP contribution in [-0.2, 0) is 10.1 Å². The van der Waals surface area contributed by atoms with E-state index in [9.17, 15) is 13.5 Å². The van der Waals surface area contributed by atoms with Crippen LogP contribution in [0.2, 0.25) is 0 Å². The number of aromatic hydroxyl groups is 1. The molecule has 0 aromatic heterocycles. The normalized spacial score (nSPS) is 11.6. The van der Waals surface area contributed by atoms with Gasteiger partial charge in [0, 0.05) is 5.56 Å². The van der Waals surface area contributed by atoms with Crippen LogP contribution in [0.5, 0.6) is 11.5 Å². The van der Waals surface area contributed by atoms with E-state index in [0.717, 1.165) is 5.56 Å². The van der Waals surface area contributed by atoms with E-state index in [1.165, 1.54) is 31.5 Å². The van der Waals surface area contributed by atoms with Crippen molar-refractivity contribution in [2.75, 3.05) is 7.11 Å². The first-order valence-corrected chi connectivity index (χ1v) is 8.79. The molecule has 0 saturated heterocycles. The van der Waals surface area contributed by atoms with Crippen LogP contribution in [0.25, 0.3) is 0 Å². The summed E-state index contributed by atoms with van der Waals surface area (Å²) in [6.07, 6.45) is 1.28. The number of rotatable bonds is 4. The van der Waals surface area contributed by atoms with E-state index in [1.807, 2.05) is 6.92 Å². The van der Waals surface area contributed by atoms with E-state index >= 15 is 0 Å². The molecule has 2 aromatic carbocycles. The molecule has 6 N–H and O–H groups in total. The maximum atomic E-state index is 10.5. The van der Waals surface area contributed by atoms with E-state index in [4.69, 9.17) is 20.2 Å². The highest BCUT2D eigenvalue weighted by Crippen LogP contribution is 2.21. The number of aryl methyl sites for hydroxylation is 1. The quantitative estimate of drug-likeness (QED) is 0.223. The van der Waals surface area contributed by atoms with E-state index in [0.29, 0.717) is 11.3 Å². The van der Waals surface area contributed by atoms with Gasteiger partial charge in [0.15, 0.2) is 0 Å². The summed E-state index contributed by atoms with van der Waals surface area (Å²) >= 11 is 0. The molecule has 0 bridgehead atoms. The van der Waals surface area contributed by atoms with Crippen molar-refractivity contribution < 1.29 is 28.0 Å². The zero-order valence-electron chi connectivity index (χ0n) is 14.6. The van der Waals surface area contributed by atoms with Crippen LogP contribution < -0.4 is 16.0 Å². The first-order valence-electron chi connectivity index (χ1n) is 7.35. The summed E-state index contributed by atoms with van der Waals surface area (Å²) in [4.78, 5) is -0.0666. The molecular weight excluding hydrogens is 376 g/mol. The van der Waals surface area contributed by atoms with Gasteiger partial charge >= 0.3 is 0 Å². The first kappa shape index (κ1) is 21.9. The lowest BCUT2D eigenvalue weighted by atomic mass is 10.2. The summed E-state index contributed by atoms with van der Waals surface area (Å²) in [5.41, 5.74) is 8.12. The van der Waals surface area contributed by atoms with Crippen LogP contribution in [0.3, 0.4) is 0 Å². The lowest BCUT2D eigenvalue weighted by Gasteiger charge is -2.02. The molecule has 2 rings (SSSR count). The van der Waals surface area contributed by atoms with Gasteiger partial charge < -0.3 is 15.6 Å². The highest BCUT2D eigenvalue weighted by molar-refractivity contribution is 7.85. The minimum Gasteiger partial charge on any atom is -0.507 e. The predicted octanol–water partition coefficient (Wildman–Crippen LogP) is 1.27. The fourth-order valence-electron chi connectivity index (χ4n) is 1.65. The molecular formula is C16H20N4O6S. The third-order valence-corrected chi connectivity index (χ3v) is 3.90. The van der Waals surface area contributed by atoms with Gasteiger partial charge in [0.05, 0.1) is 18.2 Å². The van der Waals surface area contributed by atoms with Crippen molar-refractivity contribution >= 4 is 22.3 Å². The van der Waals surface area contributed by atoms with Crippen molar-refractivity contribution in [1.29, 1.82) is 0 Å². The van der Waals surface area contributed by atoms with Crippen LogP contribution in [0.1, 0.15) is 11.1 Å². The van der Waals surface area contributed by atoms with E-state index in [2.05, 4.69) is 10.2 Å². The molecule has 0 aliphatic carbocycles. The van der Waals surface area contributed by atoms with Crippen LogP contribution in [-0.4, -0.2) is 42.6 Å². The van der Waals surface area contributed by atoms with Gasteiger partial charge in [-0.3, -0.25) is 9.76 Å². The smallest absolute Gasteiger partial charge is 0.294 e. The molecule has 0 aliphatic heterocycles. The molecule has 2 aromatic rings. The number of benzene rings is 2. The molecule has 0 spiro atoms. The Bertz CT molecular complexity index is 911. The molecule has 0 heterocycles. The van der Waals surface area contributed by atoms with Gasteiger partial charge in [0.25, 0.3) is 10.1 Å². The summed E-state index contributed by atoms with van der Waals surface area (Å²) in [5.74, 6) is 0.366. The second-order valence-electron chi connectivity index (χ2n) is 5.05. The minimum atomic E-state index is -4.02. The number of ether oxygens (including phenoxy) is 1. The molecule has 146 valence electrons. The Balaban J connectivity index is 0.000000289. The Morgan fingerprint density at radius 2 is 1.85 bits per heavy atom. The van der Waals surface area contributed by atoms with Gasteiger partial charge in [0.2, 0.25) is 5.96 Å². The van der Waals surface area contributed by atoms with Gasteiger partial charge in [-0.1, -0.05) is 17.7 Å². The largest absolute Gasteiger partial charge is 0.507 e. The lowest BCUT2D eigenvalue weighted by Crippen LogP contribution is -2.27. The SMILES string of the molecule is COc1ccc(O)c(/C=N/N=C(N)NO)c1.Cc1ccc(S(=O)(=O)O)cc1. The van der Waals surface area contributed by atoms with E-state index in [-0.39, 0.29) is 16.6 Å². The number of nitrogens with zero attached hydrogens (tertiary/aromatic N) is 2. The standard InChI is InChI=1S/C9H12N4O3.C7H8O3S/c1-16-7-2-3-8(14)6(4-7)5-11-12-9(10)13-15;1-6-2-4-7(5-3-6)11(8,9)10/h2-5,14-15H,1H3,(H3,10,12,13);2-5H,1H3,(H,8,9,10)/b11-5+;. The minimum absolute atomic E-state index is 0.0373. The van der Waals surface area contributed by atoms with Gasteiger partial charge in [-0.25, -0.2) is 5.48 Å². The molecule has 11 heteroatoms. The maximum absolute atomic E-state index is 10.5. The van der Waals surface area contributed by atoms with Crippen LogP contribution in [0.15, 0.2) is 57.6 Å². The Kier molecular flexibility index (Phi) is 8.20. The topological polar surface area (TPSA) is 167 Å². The maximum Gasteiger partial charge on any atom is 0.294 e. The first-order chi connectivity index (χ1) is 12.7. The molecule has 0 aliphatic rings. The van der Waals surface area contributed by atoms with Gasteiger partial charge in [-0.2, -0.15) is 13.5 Å². The highest BCUT2D eigenvalue weighted by Gasteiger charge is 2.06. The fraction of sp³-hybridized carbons (Fsp3) is 0.125. The number of hydrogen-bond acceptors (Lipinski definition) is 7. The Morgan fingerprint density at radius 1 is 1.22 bits per heavy atom. The second kappa shape index (κ2) is 10.1. The summed E-state index contributed by atoms with van der Waals surface area (Å²) in [7, 11) is -2.51. The number of hydroxylamine groups is 1. The van der Waals surface area contributed by atoms with Crippen molar-refractivity contribution in [3.8, 4) is 11.5 Å². The van der Waals surface area contributed by atoms with Crippen LogP contribution in [0.4, 0.5) is 0 Å². The van der Waals surface area contributed by atoms with Gasteiger partial charge in [0.1, 0.15) is 11.5 Å². The highest BCUT2D eigenvalue weighted by atomic mass is 32.2. The molecule has 0 fully saturated rings. The Labute approximate surface area is 156 Å². The van der Waals surface area contributed by atoms with E-state index in [1.54, 1.807) is 29.7 Å². The number of guanidine groups is 1. The van der Waals surface area contributed by atoms with Crippen molar-refractivity contribution in [2.45, 2.75) is 11.8 Å². The second-order valence-corrected chi connectivity index (χ2v) is 6.48. The zero-order chi connectivity index (χ0) is 20.4. The van der Waals surface area contributed by atoms with Crippen molar-refractivity contribution in [3.63, 3.8) is 0 Å². The molecule has 27 heavy (non-hydrogen) atoms. The average Bonchev–Trinajstić information content (AvgIpc) is 2.63. The number of hydrogen-bond donors (Lipinski definition) is 5. The zero-order valence-corrected chi connectivity index (χ0v) is 15.4. The van der Waals surface area contributed by atoms with Crippen LogP contribution >= 0.6 is 0 Å². The molecule has 0 saturated carbocycles. The van der Waals surface area contributed by atoms with E-state index < -0.39 is 10.1 Å². The molecule has 0 amide bonds. The fourth-order valence-corrected chi connectivity index (χ4v) is 2.13. The molecule has 10 nitrogen and oxygen atoms in total. The predicted molar refractivity (Wildman–Crippen MR) is 99.8 cm³/mol. The Morgan fingerprint density at radius 3 is 2.37 bits per heavy atom. The number of nitrogens with one attached hydrogen (secondary N) is 1. The number of phenolic OH excluding ortho intramolecular Hbond substituents is 1. The molecule has 0 unspecified atom stereocenters. The average molecular weight is 396 g/mol. The molecule has 0 radical (unpaired) electrons. The monoisotopic (exact) mass is 396 g/mol. The van der Waals surface area contributed by atoms with Crippen molar-refractivity contribution in [2.24, 2.45) is 15.9 Å². The molecule has 0 atom stereocenters. The number of methoxy groups -OCH3 is 1. The third-order valence-electron chi connectivity index (χ3n) is 3.03. The summed E-state index contributed by atoms with van der Waals surface area (Å²) in [5, 5.41) is 24.7. The third kappa shape index (κ3) is 7.73.